The predicted octanol–water partition coefficient (Wildman–Crippen LogP) is 3.73. The number of hydrogen-bond donors (Lipinski definition) is 2. The van der Waals surface area contributed by atoms with Crippen molar-refractivity contribution in [3.63, 3.8) is 0 Å². The molecule has 0 aliphatic heterocycles. The molecule has 0 heterocycles. The van der Waals surface area contributed by atoms with E-state index in [2.05, 4.69) is 20.8 Å². The standard InChI is InChI=1S/C16H31NO3/c1-4-7-8-9-11-15(18)14-17(5-2,6-3)13-10-12-16(19)20/h11H,4-10,12-14H2,1-3H3,(H-,18,19,20)/p+1/b15-11-. The summed E-state index contributed by atoms with van der Waals surface area (Å²) in [5, 5.41) is 18.8. The number of allylic oxidation sites excluding steroid dienone is 1. The lowest BCUT2D eigenvalue weighted by Gasteiger charge is -2.36. The van der Waals surface area contributed by atoms with Crippen LogP contribution in [-0.4, -0.2) is 46.8 Å². The number of aliphatic hydroxyl groups excluding tert-OH is 1. The maximum Gasteiger partial charge on any atom is 0.303 e. The lowest BCUT2D eigenvalue weighted by molar-refractivity contribution is -0.921. The Morgan fingerprint density at radius 3 is 2.20 bits per heavy atom. The van der Waals surface area contributed by atoms with Crippen LogP contribution < -0.4 is 0 Å². The van der Waals surface area contributed by atoms with E-state index in [0.29, 0.717) is 18.7 Å². The molecule has 0 unspecified atom stereocenters. The molecule has 0 bridgehead atoms. The van der Waals surface area contributed by atoms with Gasteiger partial charge in [-0.3, -0.25) is 4.79 Å². The molecule has 0 rings (SSSR count). The number of aliphatic hydroxyl groups is 1. The molecule has 0 aromatic rings. The van der Waals surface area contributed by atoms with E-state index in [4.69, 9.17) is 5.11 Å². The third-order valence-electron chi connectivity index (χ3n) is 4.05. The third kappa shape index (κ3) is 8.20. The van der Waals surface area contributed by atoms with Gasteiger partial charge in [-0.05, 0) is 32.8 Å². The Morgan fingerprint density at radius 1 is 1.05 bits per heavy atom. The van der Waals surface area contributed by atoms with Crippen molar-refractivity contribution < 1.29 is 19.5 Å². The number of likely N-dealkylation sites (N-methyl/N-ethyl adjacent to an activating group) is 1. The summed E-state index contributed by atoms with van der Waals surface area (Å²) in [6.07, 6.45) is 7.25. The predicted molar refractivity (Wildman–Crippen MR) is 82.8 cm³/mol. The number of aliphatic carboxylic acids is 1. The summed E-state index contributed by atoms with van der Waals surface area (Å²) in [6, 6.07) is 0. The van der Waals surface area contributed by atoms with Gasteiger partial charge in [0.25, 0.3) is 0 Å². The first-order valence-electron chi connectivity index (χ1n) is 7.94. The van der Waals surface area contributed by atoms with E-state index in [1.807, 2.05) is 6.08 Å². The molecule has 118 valence electrons. The Kier molecular flexibility index (Phi) is 10.2. The van der Waals surface area contributed by atoms with Gasteiger partial charge in [0.15, 0.2) is 0 Å². The Hall–Kier alpha value is -1.03. The topological polar surface area (TPSA) is 57.5 Å². The number of hydrogen-bond acceptors (Lipinski definition) is 2. The number of unbranched alkanes of at least 4 members (excludes halogenated alkanes) is 3. The van der Waals surface area contributed by atoms with Crippen LogP contribution in [-0.2, 0) is 4.79 Å². The zero-order valence-electron chi connectivity index (χ0n) is 13.4. The van der Waals surface area contributed by atoms with Gasteiger partial charge in [-0.15, -0.1) is 0 Å². The van der Waals surface area contributed by atoms with Gasteiger partial charge in [0.1, 0.15) is 12.3 Å². The van der Waals surface area contributed by atoms with Crippen molar-refractivity contribution in [2.24, 2.45) is 0 Å². The normalized spacial score (nSPS) is 12.7. The van der Waals surface area contributed by atoms with E-state index in [-0.39, 0.29) is 6.42 Å². The summed E-state index contributed by atoms with van der Waals surface area (Å²) in [4.78, 5) is 10.6. The summed E-state index contributed by atoms with van der Waals surface area (Å²) in [5.41, 5.74) is 0. The van der Waals surface area contributed by atoms with E-state index in [1.54, 1.807) is 0 Å². The Morgan fingerprint density at radius 2 is 1.70 bits per heavy atom. The molecular weight excluding hydrogens is 254 g/mol. The van der Waals surface area contributed by atoms with E-state index < -0.39 is 5.97 Å². The average molecular weight is 286 g/mol. The van der Waals surface area contributed by atoms with Crippen molar-refractivity contribution >= 4 is 5.97 Å². The van der Waals surface area contributed by atoms with E-state index in [0.717, 1.165) is 37.0 Å². The summed E-state index contributed by atoms with van der Waals surface area (Å²) in [6.45, 7) is 9.65. The number of quaternary nitrogens is 1. The zero-order valence-corrected chi connectivity index (χ0v) is 13.4. The van der Waals surface area contributed by atoms with E-state index >= 15 is 0 Å². The van der Waals surface area contributed by atoms with Gasteiger partial charge >= 0.3 is 5.97 Å². The van der Waals surface area contributed by atoms with E-state index in [1.165, 1.54) is 12.8 Å². The Balaban J connectivity index is 4.38. The molecule has 4 nitrogen and oxygen atoms in total. The van der Waals surface area contributed by atoms with Crippen molar-refractivity contribution in [3.05, 3.63) is 11.8 Å². The molecule has 0 radical (unpaired) electrons. The van der Waals surface area contributed by atoms with Gasteiger partial charge in [0.2, 0.25) is 0 Å². The summed E-state index contributed by atoms with van der Waals surface area (Å²) in [5.74, 6) is -0.283. The maximum absolute atomic E-state index is 10.6. The number of carboxylic acids is 1. The van der Waals surface area contributed by atoms with Crippen molar-refractivity contribution in [1.29, 1.82) is 0 Å². The minimum Gasteiger partial charge on any atom is -0.507 e. The Bertz CT molecular complexity index is 296. The summed E-state index contributed by atoms with van der Waals surface area (Å²) in [7, 11) is 0. The molecule has 0 aromatic heterocycles. The number of nitrogens with zero attached hydrogens (tertiary/aromatic N) is 1. The molecule has 0 fully saturated rings. The Labute approximate surface area is 123 Å². The van der Waals surface area contributed by atoms with Gasteiger partial charge in [-0.2, -0.15) is 0 Å². The number of carbonyl (C=O) groups is 1. The molecule has 0 atom stereocenters. The first-order chi connectivity index (χ1) is 9.49. The molecule has 0 saturated heterocycles. The van der Waals surface area contributed by atoms with Crippen LogP contribution in [0.25, 0.3) is 0 Å². The molecule has 4 heteroatoms. The first kappa shape index (κ1) is 19.0. The highest BCUT2D eigenvalue weighted by atomic mass is 16.4. The molecule has 0 saturated carbocycles. The first-order valence-corrected chi connectivity index (χ1v) is 7.94. The third-order valence-corrected chi connectivity index (χ3v) is 4.05. The number of rotatable bonds is 12. The van der Waals surface area contributed by atoms with Gasteiger partial charge < -0.3 is 14.7 Å². The minimum atomic E-state index is -0.741. The van der Waals surface area contributed by atoms with Crippen LogP contribution in [0.5, 0.6) is 0 Å². The van der Waals surface area contributed by atoms with Crippen molar-refractivity contribution in [2.75, 3.05) is 26.2 Å². The fraction of sp³-hybridized carbons (Fsp3) is 0.812. The second kappa shape index (κ2) is 10.7. The molecule has 0 aliphatic rings. The number of carboxylic acid groups (broad SMARTS) is 1. The highest BCUT2D eigenvalue weighted by molar-refractivity contribution is 5.66. The van der Waals surface area contributed by atoms with Gasteiger partial charge in [0, 0.05) is 6.42 Å². The summed E-state index contributed by atoms with van der Waals surface area (Å²) >= 11 is 0. The van der Waals surface area contributed by atoms with Gasteiger partial charge in [0.05, 0.1) is 26.1 Å². The van der Waals surface area contributed by atoms with E-state index in [9.17, 15) is 9.90 Å². The van der Waals surface area contributed by atoms with Crippen LogP contribution in [0.2, 0.25) is 0 Å². The highest BCUT2D eigenvalue weighted by Crippen LogP contribution is 2.13. The molecule has 0 amide bonds. The van der Waals surface area contributed by atoms with Crippen molar-refractivity contribution in [2.45, 2.75) is 59.3 Å². The van der Waals surface area contributed by atoms with Crippen LogP contribution in [0.3, 0.4) is 0 Å². The SMILES string of the molecule is CCCCC/C=C(\O)C[N+](CC)(CC)CCCC(=O)O. The molecule has 20 heavy (non-hydrogen) atoms. The second-order valence-corrected chi connectivity index (χ2v) is 5.54. The quantitative estimate of drug-likeness (QED) is 0.326. The largest absolute Gasteiger partial charge is 0.507 e. The second-order valence-electron chi connectivity index (χ2n) is 5.54. The lowest BCUT2D eigenvalue weighted by Crippen LogP contribution is -2.49. The van der Waals surface area contributed by atoms with Crippen LogP contribution in [0.4, 0.5) is 0 Å². The van der Waals surface area contributed by atoms with Crippen LogP contribution in [0.15, 0.2) is 11.8 Å². The molecule has 0 aromatic carbocycles. The van der Waals surface area contributed by atoms with Crippen LogP contribution in [0.1, 0.15) is 59.3 Å². The molecule has 0 spiro atoms. The molecular formula is C16H32NO3+. The van der Waals surface area contributed by atoms with Crippen molar-refractivity contribution in [3.8, 4) is 0 Å². The summed E-state index contributed by atoms with van der Waals surface area (Å²) < 4.78 is 0.767. The molecule has 0 aliphatic carbocycles. The maximum atomic E-state index is 10.6. The van der Waals surface area contributed by atoms with Crippen LogP contribution in [0, 0.1) is 0 Å². The highest BCUT2D eigenvalue weighted by Gasteiger charge is 2.24. The zero-order chi connectivity index (χ0) is 15.4. The van der Waals surface area contributed by atoms with Crippen LogP contribution >= 0.6 is 0 Å². The molecule has 2 N–H and O–H groups in total. The average Bonchev–Trinajstić information content (AvgIpc) is 2.42. The monoisotopic (exact) mass is 286 g/mol. The fourth-order valence-corrected chi connectivity index (χ4v) is 2.48. The van der Waals surface area contributed by atoms with Gasteiger partial charge in [-0.25, -0.2) is 0 Å². The smallest absolute Gasteiger partial charge is 0.303 e. The van der Waals surface area contributed by atoms with Crippen molar-refractivity contribution in [1.82, 2.24) is 0 Å². The lowest BCUT2D eigenvalue weighted by atomic mass is 10.1. The minimum absolute atomic E-state index is 0.209. The fourth-order valence-electron chi connectivity index (χ4n) is 2.48. The van der Waals surface area contributed by atoms with Gasteiger partial charge in [-0.1, -0.05) is 19.8 Å².